The van der Waals surface area contributed by atoms with Crippen molar-refractivity contribution in [3.63, 3.8) is 0 Å². The van der Waals surface area contributed by atoms with Crippen LogP contribution in [0.25, 0.3) is 0 Å². The zero-order valence-electron chi connectivity index (χ0n) is 14.6. The molecule has 132 valence electrons. The van der Waals surface area contributed by atoms with Gasteiger partial charge >= 0.3 is 5.97 Å². The molecule has 2 rings (SSSR count). The van der Waals surface area contributed by atoms with Gasteiger partial charge in [-0.3, -0.25) is 4.79 Å². The number of rotatable bonds is 6. The van der Waals surface area contributed by atoms with Crippen LogP contribution in [0.5, 0.6) is 0 Å². The highest BCUT2D eigenvalue weighted by Gasteiger charge is 2.28. The Kier molecular flexibility index (Phi) is 6.78. The number of hydrogen-bond acceptors (Lipinski definition) is 4. The van der Waals surface area contributed by atoms with Crippen molar-refractivity contribution in [3.05, 3.63) is 70.2 Å². The van der Waals surface area contributed by atoms with Gasteiger partial charge in [-0.05, 0) is 29.2 Å². The summed E-state index contributed by atoms with van der Waals surface area (Å²) in [6, 6.07) is 18.1. The van der Waals surface area contributed by atoms with E-state index >= 15 is 0 Å². The molecule has 0 saturated carbocycles. The molecule has 0 heterocycles. The summed E-state index contributed by atoms with van der Waals surface area (Å²) in [6.07, 6.45) is -0.698. The maximum absolute atomic E-state index is 12.7. The van der Waals surface area contributed by atoms with Crippen molar-refractivity contribution in [2.75, 3.05) is 0 Å². The second-order valence-electron chi connectivity index (χ2n) is 6.30. The molecule has 0 amide bonds. The minimum atomic E-state index is -0.993. The minimum Gasteiger partial charge on any atom is -0.441 e. The summed E-state index contributed by atoms with van der Waals surface area (Å²) in [5.41, 5.74) is 2.23. The molecule has 2 atom stereocenters. The fraction of sp³-hybridized carbons (Fsp3) is 0.286. The van der Waals surface area contributed by atoms with E-state index in [1.807, 2.05) is 19.9 Å². The van der Waals surface area contributed by atoms with Gasteiger partial charge in [-0.2, -0.15) is 10.5 Å². The lowest BCUT2D eigenvalue weighted by Crippen LogP contribution is -2.22. The first kappa shape index (κ1) is 19.5. The molecular formula is C21H19ClN2O2. The Morgan fingerprint density at radius 3 is 2.12 bits per heavy atom. The highest BCUT2D eigenvalue weighted by molar-refractivity contribution is 6.30. The molecule has 2 aromatic rings. The zero-order chi connectivity index (χ0) is 19.1. The van der Waals surface area contributed by atoms with Gasteiger partial charge in [0.2, 0.25) is 6.10 Å². The van der Waals surface area contributed by atoms with Crippen molar-refractivity contribution in [3.8, 4) is 12.1 Å². The molecule has 4 nitrogen and oxygen atoms in total. The Labute approximate surface area is 158 Å². The van der Waals surface area contributed by atoms with Crippen molar-refractivity contribution in [2.45, 2.75) is 32.3 Å². The van der Waals surface area contributed by atoms with E-state index in [0.717, 1.165) is 11.1 Å². The van der Waals surface area contributed by atoms with Crippen LogP contribution in [0.1, 0.15) is 42.6 Å². The van der Waals surface area contributed by atoms with Crippen molar-refractivity contribution >= 4 is 17.6 Å². The maximum Gasteiger partial charge on any atom is 0.315 e. The third kappa shape index (κ3) is 4.85. The molecule has 0 radical (unpaired) electrons. The van der Waals surface area contributed by atoms with E-state index < -0.39 is 18.0 Å². The quantitative estimate of drug-likeness (QED) is 0.677. The summed E-state index contributed by atoms with van der Waals surface area (Å²) in [7, 11) is 0. The van der Waals surface area contributed by atoms with Crippen LogP contribution in [0, 0.1) is 28.6 Å². The fourth-order valence-corrected chi connectivity index (χ4v) is 2.85. The molecule has 2 aromatic carbocycles. The normalized spacial score (nSPS) is 12.7. The van der Waals surface area contributed by atoms with Crippen molar-refractivity contribution in [2.24, 2.45) is 5.92 Å². The number of carbonyl (C=O) groups excluding carboxylic acids is 1. The molecule has 2 unspecified atom stereocenters. The number of ether oxygens (including phenoxy) is 1. The lowest BCUT2D eigenvalue weighted by atomic mass is 9.88. The summed E-state index contributed by atoms with van der Waals surface area (Å²) in [5.74, 6) is -0.933. The molecule has 0 N–H and O–H groups in total. The van der Waals surface area contributed by atoms with Crippen LogP contribution in [0.4, 0.5) is 0 Å². The summed E-state index contributed by atoms with van der Waals surface area (Å²) >= 11 is 5.92. The highest BCUT2D eigenvalue weighted by atomic mass is 35.5. The van der Waals surface area contributed by atoms with E-state index in [2.05, 4.69) is 6.07 Å². The molecule has 0 aliphatic heterocycles. The van der Waals surface area contributed by atoms with Crippen LogP contribution in [-0.2, 0) is 16.0 Å². The van der Waals surface area contributed by atoms with Crippen molar-refractivity contribution in [1.82, 2.24) is 0 Å². The van der Waals surface area contributed by atoms with Crippen molar-refractivity contribution < 1.29 is 9.53 Å². The number of nitrogens with zero attached hydrogens (tertiary/aromatic N) is 2. The van der Waals surface area contributed by atoms with Crippen LogP contribution >= 0.6 is 11.6 Å². The van der Waals surface area contributed by atoms with Gasteiger partial charge in [0.05, 0.1) is 18.4 Å². The Balaban J connectivity index is 2.19. The first-order valence-corrected chi connectivity index (χ1v) is 8.65. The second kappa shape index (κ2) is 9.04. The highest BCUT2D eigenvalue weighted by Crippen LogP contribution is 2.29. The smallest absolute Gasteiger partial charge is 0.315 e. The maximum atomic E-state index is 12.7. The summed E-state index contributed by atoms with van der Waals surface area (Å²) in [6.45, 7) is 3.86. The van der Waals surface area contributed by atoms with Gasteiger partial charge < -0.3 is 4.74 Å². The van der Waals surface area contributed by atoms with E-state index in [1.54, 1.807) is 48.5 Å². The van der Waals surface area contributed by atoms with Crippen LogP contribution in [0.2, 0.25) is 5.02 Å². The lowest BCUT2D eigenvalue weighted by molar-refractivity contribution is -0.150. The predicted molar refractivity (Wildman–Crippen MR) is 99.2 cm³/mol. The van der Waals surface area contributed by atoms with Crippen LogP contribution in [0.15, 0.2) is 48.5 Å². The van der Waals surface area contributed by atoms with Crippen LogP contribution in [0.3, 0.4) is 0 Å². The summed E-state index contributed by atoms with van der Waals surface area (Å²) in [4.78, 5) is 12.7. The van der Waals surface area contributed by atoms with Gasteiger partial charge in [-0.1, -0.05) is 61.8 Å². The molecule has 0 bridgehead atoms. The fourth-order valence-electron chi connectivity index (χ4n) is 2.72. The van der Waals surface area contributed by atoms with Crippen molar-refractivity contribution in [1.29, 1.82) is 10.5 Å². The molecule has 0 aliphatic rings. The van der Waals surface area contributed by atoms with Gasteiger partial charge in [0.15, 0.2) is 0 Å². The average Bonchev–Trinajstić information content (AvgIpc) is 2.62. The molecule has 26 heavy (non-hydrogen) atoms. The summed E-state index contributed by atoms with van der Waals surface area (Å²) in [5, 5.41) is 18.7. The number of benzene rings is 2. The van der Waals surface area contributed by atoms with Gasteiger partial charge in [0, 0.05) is 10.6 Å². The predicted octanol–water partition coefficient (Wildman–Crippen LogP) is 4.95. The summed E-state index contributed by atoms with van der Waals surface area (Å²) < 4.78 is 5.50. The van der Waals surface area contributed by atoms with Gasteiger partial charge in [-0.25, -0.2) is 0 Å². The Morgan fingerprint density at radius 2 is 1.62 bits per heavy atom. The first-order chi connectivity index (χ1) is 12.5. The Bertz CT molecular complexity index is 830. The number of halogens is 1. The largest absolute Gasteiger partial charge is 0.441 e. The number of nitriles is 2. The average molecular weight is 367 g/mol. The molecule has 0 aromatic heterocycles. The first-order valence-electron chi connectivity index (χ1n) is 8.27. The molecule has 0 saturated heterocycles. The number of hydrogen-bond donors (Lipinski definition) is 0. The monoisotopic (exact) mass is 366 g/mol. The standard InChI is InChI=1S/C21H19ClN2O2/c1-14(2)20(17-7-9-18(22)10-8-17)21(25)26-19(13-24)16-5-3-15(4-6-16)11-12-23/h3-10,14,19-20H,11H2,1-2H3. The Morgan fingerprint density at radius 1 is 1.04 bits per heavy atom. The van der Waals surface area contributed by atoms with Crippen LogP contribution < -0.4 is 0 Å². The van der Waals surface area contributed by atoms with E-state index in [-0.39, 0.29) is 5.92 Å². The third-order valence-electron chi connectivity index (χ3n) is 4.07. The second-order valence-corrected chi connectivity index (χ2v) is 6.73. The van der Waals surface area contributed by atoms with Gasteiger partial charge in [0.25, 0.3) is 0 Å². The van der Waals surface area contributed by atoms with E-state index in [0.29, 0.717) is 17.0 Å². The molecule has 0 aliphatic carbocycles. The molecule has 0 fully saturated rings. The van der Waals surface area contributed by atoms with E-state index in [9.17, 15) is 10.1 Å². The Hall–Kier alpha value is -2.82. The topological polar surface area (TPSA) is 73.9 Å². The lowest BCUT2D eigenvalue weighted by Gasteiger charge is -2.22. The number of carbonyl (C=O) groups is 1. The molecule has 0 spiro atoms. The van der Waals surface area contributed by atoms with Crippen LogP contribution in [-0.4, -0.2) is 5.97 Å². The van der Waals surface area contributed by atoms with E-state index in [4.69, 9.17) is 21.6 Å². The van der Waals surface area contributed by atoms with Gasteiger partial charge in [-0.15, -0.1) is 0 Å². The van der Waals surface area contributed by atoms with Gasteiger partial charge in [0.1, 0.15) is 6.07 Å². The van der Waals surface area contributed by atoms with E-state index in [1.165, 1.54) is 0 Å². The zero-order valence-corrected chi connectivity index (χ0v) is 15.4. The minimum absolute atomic E-state index is 0.000947. The molecule has 5 heteroatoms. The number of esters is 1. The molecular weight excluding hydrogens is 348 g/mol. The SMILES string of the molecule is CC(C)C(C(=O)OC(C#N)c1ccc(CC#N)cc1)c1ccc(Cl)cc1. The third-order valence-corrected chi connectivity index (χ3v) is 4.32.